The van der Waals surface area contributed by atoms with Gasteiger partial charge < -0.3 is 10.2 Å². The monoisotopic (exact) mass is 689 g/mol. The van der Waals surface area contributed by atoms with E-state index in [0.29, 0.717) is 12.2 Å². The maximum atomic E-state index is 14.5. The molecule has 0 bridgehead atoms. The lowest BCUT2D eigenvalue weighted by molar-refractivity contribution is -0.140. The third kappa shape index (κ3) is 9.05. The van der Waals surface area contributed by atoms with Crippen molar-refractivity contribution in [2.75, 3.05) is 17.4 Å². The van der Waals surface area contributed by atoms with Crippen molar-refractivity contribution in [3.05, 3.63) is 130 Å². The molecule has 1 N–H and O–H groups in total. The highest BCUT2D eigenvalue weighted by Gasteiger charge is 2.34. The van der Waals surface area contributed by atoms with Crippen LogP contribution in [-0.2, 0) is 32.6 Å². The summed E-state index contributed by atoms with van der Waals surface area (Å²) in [5.74, 6) is -0.765. The standard InChI is InChI=1S/C36H40BrN3O4S/c1-4-5-21-38-36(42)34(24-29-13-8-6-9-14-29)39(25-30-15-12-16-31(37)23-30)35(41)26-40(32-20-19-27(2)28(3)22-32)45(43,44)33-17-10-7-11-18-33/h6-20,22-23,34H,4-5,21,24-26H2,1-3H3,(H,38,42)/t34-/m0/s1. The minimum atomic E-state index is -4.14. The van der Waals surface area contributed by atoms with Gasteiger partial charge in [0.25, 0.3) is 10.0 Å². The summed E-state index contributed by atoms with van der Waals surface area (Å²) in [5.41, 5.74) is 3.98. The van der Waals surface area contributed by atoms with Gasteiger partial charge in [-0.05, 0) is 78.9 Å². The lowest BCUT2D eigenvalue weighted by atomic mass is 10.0. The van der Waals surface area contributed by atoms with E-state index in [1.54, 1.807) is 30.3 Å². The van der Waals surface area contributed by atoms with Gasteiger partial charge in [0, 0.05) is 24.0 Å². The smallest absolute Gasteiger partial charge is 0.264 e. The first-order valence-electron chi connectivity index (χ1n) is 15.1. The third-order valence-corrected chi connectivity index (χ3v) is 10.0. The highest BCUT2D eigenvalue weighted by Crippen LogP contribution is 2.27. The molecular weight excluding hydrogens is 650 g/mol. The second-order valence-corrected chi connectivity index (χ2v) is 13.9. The molecule has 0 fully saturated rings. The number of nitrogens with zero attached hydrogens (tertiary/aromatic N) is 2. The van der Waals surface area contributed by atoms with Crippen molar-refractivity contribution in [3.63, 3.8) is 0 Å². The first kappa shape index (κ1) is 33.9. The minimum Gasteiger partial charge on any atom is -0.354 e. The quantitative estimate of drug-likeness (QED) is 0.147. The minimum absolute atomic E-state index is 0.0766. The van der Waals surface area contributed by atoms with Crippen LogP contribution in [0.3, 0.4) is 0 Å². The number of carbonyl (C=O) groups excluding carboxylic acids is 2. The van der Waals surface area contributed by atoms with Crippen LogP contribution >= 0.6 is 15.9 Å². The van der Waals surface area contributed by atoms with Crippen molar-refractivity contribution < 1.29 is 18.0 Å². The Morgan fingerprint density at radius 1 is 0.822 bits per heavy atom. The Balaban J connectivity index is 1.80. The molecule has 4 rings (SSSR count). The van der Waals surface area contributed by atoms with E-state index in [1.807, 2.05) is 81.4 Å². The molecule has 2 amide bonds. The molecule has 236 valence electrons. The van der Waals surface area contributed by atoms with E-state index in [9.17, 15) is 18.0 Å². The summed E-state index contributed by atoms with van der Waals surface area (Å²) < 4.78 is 30.2. The number of carbonyl (C=O) groups is 2. The van der Waals surface area contributed by atoms with Crippen LogP contribution in [0.5, 0.6) is 0 Å². The number of hydrogen-bond donors (Lipinski definition) is 1. The molecule has 45 heavy (non-hydrogen) atoms. The van der Waals surface area contributed by atoms with Crippen LogP contribution in [0.1, 0.15) is 42.0 Å². The molecule has 4 aromatic carbocycles. The number of aryl methyl sites for hydroxylation is 2. The van der Waals surface area contributed by atoms with Crippen molar-refractivity contribution in [1.82, 2.24) is 10.2 Å². The van der Waals surface area contributed by atoms with Gasteiger partial charge in [-0.3, -0.25) is 13.9 Å². The molecule has 0 aliphatic carbocycles. The highest BCUT2D eigenvalue weighted by atomic mass is 79.9. The average molecular weight is 691 g/mol. The van der Waals surface area contributed by atoms with Gasteiger partial charge in [-0.25, -0.2) is 8.42 Å². The van der Waals surface area contributed by atoms with Gasteiger partial charge in [0.05, 0.1) is 10.6 Å². The number of amides is 2. The molecule has 0 aliphatic rings. The van der Waals surface area contributed by atoms with Crippen molar-refractivity contribution in [2.24, 2.45) is 0 Å². The fourth-order valence-corrected chi connectivity index (χ4v) is 6.90. The van der Waals surface area contributed by atoms with Crippen molar-refractivity contribution in [3.8, 4) is 0 Å². The number of rotatable bonds is 14. The first-order valence-corrected chi connectivity index (χ1v) is 17.3. The number of halogens is 1. The number of unbranched alkanes of at least 4 members (excludes halogenated alkanes) is 1. The van der Waals surface area contributed by atoms with E-state index in [-0.39, 0.29) is 23.8 Å². The summed E-state index contributed by atoms with van der Waals surface area (Å²) in [7, 11) is -4.14. The molecule has 0 saturated heterocycles. The SMILES string of the molecule is CCCCNC(=O)[C@H](Cc1ccccc1)N(Cc1cccc(Br)c1)C(=O)CN(c1ccc(C)c(C)c1)S(=O)(=O)c1ccccc1. The molecule has 4 aromatic rings. The first-order chi connectivity index (χ1) is 21.6. The van der Waals surface area contributed by atoms with Gasteiger partial charge in [0.2, 0.25) is 11.8 Å². The third-order valence-electron chi connectivity index (χ3n) is 7.73. The Bertz CT molecular complexity index is 1700. The maximum absolute atomic E-state index is 14.5. The van der Waals surface area contributed by atoms with Gasteiger partial charge in [0.15, 0.2) is 0 Å². The molecule has 0 heterocycles. The molecular formula is C36H40BrN3O4S. The van der Waals surface area contributed by atoms with Crippen LogP contribution in [0.2, 0.25) is 0 Å². The van der Waals surface area contributed by atoms with Gasteiger partial charge in [-0.1, -0.05) is 96.0 Å². The Morgan fingerprint density at radius 2 is 1.49 bits per heavy atom. The molecule has 0 aromatic heterocycles. The van der Waals surface area contributed by atoms with E-state index in [4.69, 9.17) is 0 Å². The summed E-state index contributed by atoms with van der Waals surface area (Å²) in [5, 5.41) is 3.02. The van der Waals surface area contributed by atoms with Crippen LogP contribution < -0.4 is 9.62 Å². The van der Waals surface area contributed by atoms with Crippen LogP contribution in [0, 0.1) is 13.8 Å². The van der Waals surface area contributed by atoms with Gasteiger partial charge in [-0.15, -0.1) is 0 Å². The molecule has 7 nitrogen and oxygen atoms in total. The number of hydrogen-bond acceptors (Lipinski definition) is 4. The van der Waals surface area contributed by atoms with Crippen molar-refractivity contribution in [2.45, 2.75) is 57.5 Å². The van der Waals surface area contributed by atoms with E-state index >= 15 is 0 Å². The molecule has 0 saturated carbocycles. The Kier molecular flexibility index (Phi) is 12.0. The lowest BCUT2D eigenvalue weighted by Gasteiger charge is -2.34. The second kappa shape index (κ2) is 15.9. The van der Waals surface area contributed by atoms with Crippen LogP contribution in [0.15, 0.2) is 112 Å². The number of anilines is 1. The molecule has 0 spiro atoms. The second-order valence-electron chi connectivity index (χ2n) is 11.1. The lowest BCUT2D eigenvalue weighted by Crippen LogP contribution is -2.53. The zero-order valence-electron chi connectivity index (χ0n) is 25.9. The molecule has 0 radical (unpaired) electrons. The van der Waals surface area contributed by atoms with Gasteiger partial charge in [0.1, 0.15) is 12.6 Å². The summed E-state index contributed by atoms with van der Waals surface area (Å²) in [6.45, 7) is 6.02. The normalized spacial score (nSPS) is 11.9. The van der Waals surface area contributed by atoms with Gasteiger partial charge in [-0.2, -0.15) is 0 Å². The fraction of sp³-hybridized carbons (Fsp3) is 0.278. The Morgan fingerprint density at radius 3 is 2.13 bits per heavy atom. The van der Waals surface area contributed by atoms with Crippen molar-refractivity contribution in [1.29, 1.82) is 0 Å². The highest BCUT2D eigenvalue weighted by molar-refractivity contribution is 9.10. The predicted octanol–water partition coefficient (Wildman–Crippen LogP) is 6.82. The topological polar surface area (TPSA) is 86.8 Å². The summed E-state index contributed by atoms with van der Waals surface area (Å²) >= 11 is 3.52. The zero-order chi connectivity index (χ0) is 32.4. The molecule has 9 heteroatoms. The van der Waals surface area contributed by atoms with Crippen LogP contribution in [0.25, 0.3) is 0 Å². The van der Waals surface area contributed by atoms with Crippen LogP contribution in [0.4, 0.5) is 5.69 Å². The number of nitrogens with one attached hydrogen (secondary N) is 1. The summed E-state index contributed by atoms with van der Waals surface area (Å²) in [6.07, 6.45) is 1.99. The maximum Gasteiger partial charge on any atom is 0.264 e. The largest absolute Gasteiger partial charge is 0.354 e. The van der Waals surface area contributed by atoms with Gasteiger partial charge >= 0.3 is 0 Å². The average Bonchev–Trinajstić information content (AvgIpc) is 3.03. The fourth-order valence-electron chi connectivity index (χ4n) is 5.02. The predicted molar refractivity (Wildman–Crippen MR) is 183 cm³/mol. The number of benzene rings is 4. The summed E-state index contributed by atoms with van der Waals surface area (Å²) in [4.78, 5) is 30.0. The molecule has 0 aliphatic heterocycles. The van der Waals surface area contributed by atoms with Crippen molar-refractivity contribution >= 4 is 43.5 Å². The van der Waals surface area contributed by atoms with E-state index < -0.39 is 28.5 Å². The van der Waals surface area contributed by atoms with E-state index in [2.05, 4.69) is 21.2 Å². The molecule has 1 atom stereocenters. The Labute approximate surface area is 275 Å². The zero-order valence-corrected chi connectivity index (χ0v) is 28.4. The Hall–Kier alpha value is -3.95. The molecule has 0 unspecified atom stereocenters. The number of sulfonamides is 1. The van der Waals surface area contributed by atoms with Crippen LogP contribution in [-0.4, -0.2) is 44.3 Å². The van der Waals surface area contributed by atoms with E-state index in [0.717, 1.165) is 43.9 Å². The van der Waals surface area contributed by atoms with E-state index in [1.165, 1.54) is 17.0 Å². The summed E-state index contributed by atoms with van der Waals surface area (Å²) in [6, 6.07) is 29.7.